The second-order valence-corrected chi connectivity index (χ2v) is 8.68. The summed E-state index contributed by atoms with van der Waals surface area (Å²) < 4.78 is 15.1. The highest BCUT2D eigenvalue weighted by atomic mass is 19.1. The number of hydrogen-bond donors (Lipinski definition) is 0. The van der Waals surface area contributed by atoms with Gasteiger partial charge in [-0.25, -0.2) is 9.07 Å². The molecular weight excluding hydrogens is 377 g/mol. The number of tetrazole rings is 1. The number of piperidine rings is 1. The molecule has 1 saturated heterocycles. The van der Waals surface area contributed by atoms with Crippen molar-refractivity contribution in [1.29, 1.82) is 0 Å². The van der Waals surface area contributed by atoms with Crippen molar-refractivity contribution in [2.45, 2.75) is 45.7 Å². The molecule has 5 nitrogen and oxygen atoms in total. The molecule has 1 fully saturated rings. The summed E-state index contributed by atoms with van der Waals surface area (Å²) in [5, 5.41) is 12.6. The fraction of sp³-hybridized carbons (Fsp3) is 0.458. The molecule has 1 aromatic heterocycles. The molecule has 30 heavy (non-hydrogen) atoms. The van der Waals surface area contributed by atoms with Crippen LogP contribution in [0.3, 0.4) is 0 Å². The van der Waals surface area contributed by atoms with Crippen molar-refractivity contribution in [1.82, 2.24) is 25.1 Å². The maximum atomic E-state index is 13.2. The molecule has 158 valence electrons. The van der Waals surface area contributed by atoms with Gasteiger partial charge in [0.15, 0.2) is 5.82 Å². The molecular formula is C24H30FN5. The predicted octanol–water partition coefficient (Wildman–Crippen LogP) is 4.51. The first-order valence-corrected chi connectivity index (χ1v) is 10.9. The zero-order valence-electron chi connectivity index (χ0n) is 17.8. The third kappa shape index (κ3) is 4.93. The summed E-state index contributed by atoms with van der Waals surface area (Å²) in [7, 11) is 0. The molecule has 3 aromatic rings. The molecule has 0 aliphatic carbocycles. The first-order valence-electron chi connectivity index (χ1n) is 10.9. The minimum absolute atomic E-state index is 0.179. The van der Waals surface area contributed by atoms with Crippen molar-refractivity contribution in [2.24, 2.45) is 11.8 Å². The van der Waals surface area contributed by atoms with Gasteiger partial charge in [-0.15, -0.1) is 5.10 Å². The van der Waals surface area contributed by atoms with E-state index in [0.29, 0.717) is 12.5 Å². The van der Waals surface area contributed by atoms with E-state index >= 15 is 0 Å². The number of likely N-dealkylation sites (tertiary alicyclic amines) is 1. The van der Waals surface area contributed by atoms with Gasteiger partial charge in [-0.3, -0.25) is 4.90 Å². The standard InChI is InChI=1S/C24H30FN5/c1-18(2)23(24-26-27-28-30(24)17-21-8-10-22(25)11-9-21)29-14-12-20(13-15-29)16-19-6-4-3-5-7-19/h3-11,18,20,23H,12-17H2,1-2H3. The zero-order chi connectivity index (χ0) is 20.9. The monoisotopic (exact) mass is 407 g/mol. The molecule has 4 rings (SSSR count). The predicted molar refractivity (Wildman–Crippen MR) is 115 cm³/mol. The van der Waals surface area contributed by atoms with Crippen LogP contribution >= 0.6 is 0 Å². The van der Waals surface area contributed by atoms with Gasteiger partial charge in [0.25, 0.3) is 0 Å². The lowest BCUT2D eigenvalue weighted by Gasteiger charge is -2.38. The van der Waals surface area contributed by atoms with Gasteiger partial charge in [-0.1, -0.05) is 56.3 Å². The Labute approximate surface area is 177 Å². The van der Waals surface area contributed by atoms with Crippen LogP contribution in [0, 0.1) is 17.7 Å². The molecule has 1 aliphatic heterocycles. The van der Waals surface area contributed by atoms with E-state index in [1.807, 2.05) is 4.68 Å². The van der Waals surface area contributed by atoms with Crippen molar-refractivity contribution >= 4 is 0 Å². The van der Waals surface area contributed by atoms with E-state index in [0.717, 1.165) is 36.8 Å². The summed E-state index contributed by atoms with van der Waals surface area (Å²) in [5.74, 6) is 1.80. The molecule has 0 amide bonds. The highest BCUT2D eigenvalue weighted by molar-refractivity contribution is 5.17. The van der Waals surface area contributed by atoms with Crippen LogP contribution in [0.25, 0.3) is 0 Å². The molecule has 6 heteroatoms. The lowest BCUT2D eigenvalue weighted by molar-refractivity contribution is 0.0954. The van der Waals surface area contributed by atoms with Crippen LogP contribution in [0.4, 0.5) is 4.39 Å². The quantitative estimate of drug-likeness (QED) is 0.578. The Morgan fingerprint density at radius 2 is 1.67 bits per heavy atom. The van der Waals surface area contributed by atoms with E-state index in [1.165, 1.54) is 30.5 Å². The van der Waals surface area contributed by atoms with Crippen molar-refractivity contribution in [3.63, 3.8) is 0 Å². The van der Waals surface area contributed by atoms with Crippen LogP contribution in [0.5, 0.6) is 0 Å². The number of hydrogen-bond acceptors (Lipinski definition) is 4. The topological polar surface area (TPSA) is 46.8 Å². The smallest absolute Gasteiger partial charge is 0.169 e. The Hall–Kier alpha value is -2.60. The lowest BCUT2D eigenvalue weighted by atomic mass is 9.88. The average Bonchev–Trinajstić information content (AvgIpc) is 3.19. The summed E-state index contributed by atoms with van der Waals surface area (Å²) in [5.41, 5.74) is 2.42. The maximum absolute atomic E-state index is 13.2. The third-order valence-corrected chi connectivity index (χ3v) is 6.11. The van der Waals surface area contributed by atoms with Gasteiger partial charge >= 0.3 is 0 Å². The fourth-order valence-corrected chi connectivity index (χ4v) is 4.56. The third-order valence-electron chi connectivity index (χ3n) is 6.11. The average molecular weight is 408 g/mol. The SMILES string of the molecule is CC(C)C(c1nnnn1Cc1ccc(F)cc1)N1CCC(Cc2ccccc2)CC1. The summed E-state index contributed by atoms with van der Waals surface area (Å²) in [4.78, 5) is 2.54. The summed E-state index contributed by atoms with van der Waals surface area (Å²) in [6.07, 6.45) is 3.54. The Bertz CT molecular complexity index is 914. The molecule has 1 atom stereocenters. The molecule has 2 aromatic carbocycles. The Morgan fingerprint density at radius 1 is 0.967 bits per heavy atom. The van der Waals surface area contributed by atoms with Gasteiger partial charge < -0.3 is 0 Å². The molecule has 0 radical (unpaired) electrons. The first kappa shape index (κ1) is 20.7. The minimum Gasteiger partial charge on any atom is -0.293 e. The minimum atomic E-state index is -0.228. The number of aromatic nitrogens is 4. The lowest BCUT2D eigenvalue weighted by Crippen LogP contribution is -2.40. The largest absolute Gasteiger partial charge is 0.293 e. The molecule has 0 spiro atoms. The van der Waals surface area contributed by atoms with E-state index < -0.39 is 0 Å². The van der Waals surface area contributed by atoms with Crippen molar-refractivity contribution in [3.8, 4) is 0 Å². The molecule has 1 unspecified atom stereocenters. The van der Waals surface area contributed by atoms with Crippen LogP contribution in [0.2, 0.25) is 0 Å². The van der Waals surface area contributed by atoms with Crippen molar-refractivity contribution in [3.05, 3.63) is 77.4 Å². The second-order valence-electron chi connectivity index (χ2n) is 8.68. The summed E-state index contributed by atoms with van der Waals surface area (Å²) >= 11 is 0. The van der Waals surface area contributed by atoms with E-state index in [4.69, 9.17) is 0 Å². The fourth-order valence-electron chi connectivity index (χ4n) is 4.56. The van der Waals surface area contributed by atoms with E-state index in [9.17, 15) is 4.39 Å². The van der Waals surface area contributed by atoms with Gasteiger partial charge in [-0.2, -0.15) is 0 Å². The molecule has 0 bridgehead atoms. The molecule has 0 saturated carbocycles. The maximum Gasteiger partial charge on any atom is 0.169 e. The zero-order valence-corrected chi connectivity index (χ0v) is 17.8. The van der Waals surface area contributed by atoms with Crippen LogP contribution in [-0.2, 0) is 13.0 Å². The number of nitrogens with zero attached hydrogens (tertiary/aromatic N) is 5. The van der Waals surface area contributed by atoms with E-state index in [-0.39, 0.29) is 11.9 Å². The molecule has 0 N–H and O–H groups in total. The van der Waals surface area contributed by atoms with Gasteiger partial charge in [-0.05, 0) is 77.9 Å². The van der Waals surface area contributed by atoms with Crippen LogP contribution in [0.1, 0.15) is 49.7 Å². The number of benzene rings is 2. The summed E-state index contributed by atoms with van der Waals surface area (Å²) in [6.45, 7) is 7.14. The number of rotatable bonds is 7. The Kier molecular flexibility index (Phi) is 6.53. The van der Waals surface area contributed by atoms with E-state index in [1.54, 1.807) is 12.1 Å². The summed E-state index contributed by atoms with van der Waals surface area (Å²) in [6, 6.07) is 17.5. The molecule has 1 aliphatic rings. The van der Waals surface area contributed by atoms with Crippen LogP contribution < -0.4 is 0 Å². The highest BCUT2D eigenvalue weighted by Crippen LogP contribution is 2.32. The first-order chi connectivity index (χ1) is 14.6. The Morgan fingerprint density at radius 3 is 2.33 bits per heavy atom. The van der Waals surface area contributed by atoms with Crippen LogP contribution in [0.15, 0.2) is 54.6 Å². The van der Waals surface area contributed by atoms with Crippen LogP contribution in [-0.4, -0.2) is 38.2 Å². The van der Waals surface area contributed by atoms with Gasteiger partial charge in [0, 0.05) is 0 Å². The van der Waals surface area contributed by atoms with E-state index in [2.05, 4.69) is 64.6 Å². The van der Waals surface area contributed by atoms with Gasteiger partial charge in [0.1, 0.15) is 5.82 Å². The van der Waals surface area contributed by atoms with Crippen molar-refractivity contribution in [2.75, 3.05) is 13.1 Å². The highest BCUT2D eigenvalue weighted by Gasteiger charge is 2.32. The van der Waals surface area contributed by atoms with Crippen molar-refractivity contribution < 1.29 is 4.39 Å². The molecule has 2 heterocycles. The Balaban J connectivity index is 1.44. The van der Waals surface area contributed by atoms with Gasteiger partial charge in [0.05, 0.1) is 12.6 Å². The second kappa shape index (κ2) is 9.47. The van der Waals surface area contributed by atoms with Gasteiger partial charge in [0.2, 0.25) is 0 Å². The number of halogens is 1. The normalized spacial score (nSPS) is 16.8.